The molecule has 0 aliphatic heterocycles. The number of carbonyl (C=O) groups excluding carboxylic acids is 1. The first-order chi connectivity index (χ1) is 7.29. The summed E-state index contributed by atoms with van der Waals surface area (Å²) in [4.78, 5) is 12.6. The fourth-order valence-corrected chi connectivity index (χ4v) is 4.39. The van der Waals surface area contributed by atoms with E-state index in [1.807, 2.05) is 0 Å². The third-order valence-electron chi connectivity index (χ3n) is 5.70. The summed E-state index contributed by atoms with van der Waals surface area (Å²) < 4.78 is 0. The lowest BCUT2D eigenvalue weighted by Gasteiger charge is -2.55. The molecule has 0 saturated heterocycles. The summed E-state index contributed by atoms with van der Waals surface area (Å²) in [7, 11) is 0. The van der Waals surface area contributed by atoms with E-state index in [1.54, 1.807) is 0 Å². The van der Waals surface area contributed by atoms with Gasteiger partial charge in [0.2, 0.25) is 0 Å². The molecule has 92 valence electrons. The van der Waals surface area contributed by atoms with E-state index in [-0.39, 0.29) is 10.8 Å². The van der Waals surface area contributed by atoms with Crippen molar-refractivity contribution in [1.29, 1.82) is 0 Å². The summed E-state index contributed by atoms with van der Waals surface area (Å²) >= 11 is 0. The van der Waals surface area contributed by atoms with Gasteiger partial charge in [0.1, 0.15) is 5.78 Å². The quantitative estimate of drug-likeness (QED) is 0.604. The van der Waals surface area contributed by atoms with Crippen LogP contribution in [-0.4, -0.2) is 5.78 Å². The molecule has 0 aromatic rings. The maximum atomic E-state index is 12.6. The molecule has 2 aliphatic rings. The van der Waals surface area contributed by atoms with E-state index in [0.717, 1.165) is 5.92 Å². The van der Waals surface area contributed by atoms with Crippen molar-refractivity contribution in [3.8, 4) is 0 Å². The van der Waals surface area contributed by atoms with E-state index in [0.29, 0.717) is 17.6 Å². The van der Waals surface area contributed by atoms with E-state index < -0.39 is 0 Å². The zero-order chi connectivity index (χ0) is 12.1. The Morgan fingerprint density at radius 3 is 2.19 bits per heavy atom. The molecule has 0 spiro atoms. The Morgan fingerprint density at radius 2 is 1.56 bits per heavy atom. The first-order valence-electron chi connectivity index (χ1n) is 6.84. The van der Waals surface area contributed by atoms with Gasteiger partial charge in [-0.15, -0.1) is 0 Å². The molecule has 0 bridgehead atoms. The maximum Gasteiger partial charge on any atom is 0.144 e. The molecule has 1 nitrogen and oxygen atoms in total. The van der Waals surface area contributed by atoms with Gasteiger partial charge in [-0.25, -0.2) is 0 Å². The van der Waals surface area contributed by atoms with Crippen molar-refractivity contribution in [2.45, 2.75) is 60.3 Å². The Hall–Kier alpha value is -0.330. The molecule has 2 saturated carbocycles. The maximum absolute atomic E-state index is 12.6. The topological polar surface area (TPSA) is 17.1 Å². The lowest BCUT2D eigenvalue weighted by atomic mass is 9.48. The van der Waals surface area contributed by atoms with Crippen molar-refractivity contribution in [2.75, 3.05) is 0 Å². The monoisotopic (exact) mass is 222 g/mol. The van der Waals surface area contributed by atoms with Gasteiger partial charge in [0.25, 0.3) is 0 Å². The Labute approximate surface area is 100.0 Å². The minimum atomic E-state index is -0.123. The van der Waals surface area contributed by atoms with Crippen molar-refractivity contribution in [3.05, 3.63) is 0 Å². The molecule has 2 rings (SSSR count). The standard InChI is InChI=1S/C15H26O/c1-10-11-8-6-7-9-12(11)15(4,5)13(16)14(10,2)3/h10-12H,6-9H2,1-5H3. The molecular formula is C15H26O. The number of rotatable bonds is 0. The summed E-state index contributed by atoms with van der Waals surface area (Å²) in [6.07, 6.45) is 5.30. The second-order valence-electron chi connectivity index (χ2n) is 7.12. The molecule has 3 unspecified atom stereocenters. The van der Waals surface area contributed by atoms with Crippen LogP contribution in [0, 0.1) is 28.6 Å². The highest BCUT2D eigenvalue weighted by Crippen LogP contribution is 2.56. The van der Waals surface area contributed by atoms with Crippen LogP contribution in [0.3, 0.4) is 0 Å². The molecular weight excluding hydrogens is 196 g/mol. The SMILES string of the molecule is CC1C2CCCCC2C(C)(C)C(=O)C1(C)C. The molecule has 0 N–H and O–H groups in total. The summed E-state index contributed by atoms with van der Waals surface area (Å²) in [6, 6.07) is 0. The van der Waals surface area contributed by atoms with Crippen molar-refractivity contribution in [1.82, 2.24) is 0 Å². The number of hydrogen-bond donors (Lipinski definition) is 0. The van der Waals surface area contributed by atoms with E-state index in [2.05, 4.69) is 34.6 Å². The van der Waals surface area contributed by atoms with Crippen LogP contribution >= 0.6 is 0 Å². The first kappa shape index (κ1) is 12.1. The van der Waals surface area contributed by atoms with Gasteiger partial charge in [-0.1, -0.05) is 47.5 Å². The third kappa shape index (κ3) is 1.47. The number of ketones is 1. The van der Waals surface area contributed by atoms with Gasteiger partial charge in [0.05, 0.1) is 0 Å². The number of carbonyl (C=O) groups is 1. The van der Waals surface area contributed by atoms with Gasteiger partial charge in [0, 0.05) is 10.8 Å². The second-order valence-corrected chi connectivity index (χ2v) is 7.12. The van der Waals surface area contributed by atoms with Crippen LogP contribution in [0.25, 0.3) is 0 Å². The minimum absolute atomic E-state index is 0.0961. The highest BCUT2D eigenvalue weighted by atomic mass is 16.1. The smallest absolute Gasteiger partial charge is 0.144 e. The average Bonchev–Trinajstić information content (AvgIpc) is 2.25. The van der Waals surface area contributed by atoms with E-state index in [4.69, 9.17) is 0 Å². The summed E-state index contributed by atoms with van der Waals surface area (Å²) in [5.74, 6) is 2.46. The van der Waals surface area contributed by atoms with Gasteiger partial charge in [-0.05, 0) is 30.6 Å². The molecule has 3 atom stereocenters. The molecule has 0 amide bonds. The third-order valence-corrected chi connectivity index (χ3v) is 5.70. The second kappa shape index (κ2) is 3.58. The Morgan fingerprint density at radius 1 is 1.00 bits per heavy atom. The minimum Gasteiger partial charge on any atom is -0.298 e. The van der Waals surface area contributed by atoms with Crippen LogP contribution in [0.4, 0.5) is 0 Å². The molecule has 2 aliphatic carbocycles. The molecule has 0 aromatic carbocycles. The Kier molecular flexibility index (Phi) is 2.72. The highest BCUT2D eigenvalue weighted by Gasteiger charge is 2.56. The van der Waals surface area contributed by atoms with E-state index in [1.165, 1.54) is 25.7 Å². The van der Waals surface area contributed by atoms with Crippen LogP contribution in [0.1, 0.15) is 60.3 Å². The molecule has 1 heteroatoms. The number of fused-ring (bicyclic) bond motifs is 1. The van der Waals surface area contributed by atoms with Crippen LogP contribution in [0.2, 0.25) is 0 Å². The van der Waals surface area contributed by atoms with E-state index in [9.17, 15) is 4.79 Å². The van der Waals surface area contributed by atoms with Crippen LogP contribution in [0.5, 0.6) is 0 Å². The zero-order valence-electron chi connectivity index (χ0n) is 11.5. The van der Waals surface area contributed by atoms with Gasteiger partial charge in [-0.2, -0.15) is 0 Å². The van der Waals surface area contributed by atoms with E-state index >= 15 is 0 Å². The van der Waals surface area contributed by atoms with Crippen molar-refractivity contribution >= 4 is 5.78 Å². The van der Waals surface area contributed by atoms with Crippen LogP contribution < -0.4 is 0 Å². The largest absolute Gasteiger partial charge is 0.298 e. The Bertz CT molecular complexity index is 301. The van der Waals surface area contributed by atoms with Gasteiger partial charge in [-0.3, -0.25) is 4.79 Å². The highest BCUT2D eigenvalue weighted by molar-refractivity contribution is 5.90. The van der Waals surface area contributed by atoms with Gasteiger partial charge >= 0.3 is 0 Å². The summed E-state index contributed by atoms with van der Waals surface area (Å²) in [5, 5.41) is 0. The van der Waals surface area contributed by atoms with Crippen LogP contribution in [0.15, 0.2) is 0 Å². The predicted molar refractivity (Wildman–Crippen MR) is 67.2 cm³/mol. The Balaban J connectivity index is 2.40. The predicted octanol–water partition coefficient (Wildman–Crippen LogP) is 4.06. The fraction of sp³-hybridized carbons (Fsp3) is 0.933. The molecule has 2 fully saturated rings. The summed E-state index contributed by atoms with van der Waals surface area (Å²) in [5.41, 5.74) is -0.219. The number of Topliss-reactive ketones (excluding diaryl/α,β-unsaturated/α-hetero) is 1. The molecule has 16 heavy (non-hydrogen) atoms. The van der Waals surface area contributed by atoms with Gasteiger partial charge < -0.3 is 0 Å². The lowest BCUT2D eigenvalue weighted by Crippen LogP contribution is -2.56. The average molecular weight is 222 g/mol. The zero-order valence-corrected chi connectivity index (χ0v) is 11.5. The normalized spacial score (nSPS) is 41.6. The summed E-state index contributed by atoms with van der Waals surface area (Å²) in [6.45, 7) is 11.0. The lowest BCUT2D eigenvalue weighted by molar-refractivity contribution is -0.157. The fourth-order valence-electron chi connectivity index (χ4n) is 4.39. The van der Waals surface area contributed by atoms with Crippen LogP contribution in [-0.2, 0) is 4.79 Å². The van der Waals surface area contributed by atoms with Crippen molar-refractivity contribution < 1.29 is 4.79 Å². The molecule has 0 aromatic heterocycles. The molecule has 0 radical (unpaired) electrons. The van der Waals surface area contributed by atoms with Crippen molar-refractivity contribution in [3.63, 3.8) is 0 Å². The molecule has 0 heterocycles. The first-order valence-corrected chi connectivity index (χ1v) is 6.84. The number of hydrogen-bond acceptors (Lipinski definition) is 1. The van der Waals surface area contributed by atoms with Crippen molar-refractivity contribution in [2.24, 2.45) is 28.6 Å². The van der Waals surface area contributed by atoms with Gasteiger partial charge in [0.15, 0.2) is 0 Å².